The van der Waals surface area contributed by atoms with E-state index in [1.165, 1.54) is 16.4 Å². The van der Waals surface area contributed by atoms with Gasteiger partial charge in [0, 0.05) is 0 Å². The van der Waals surface area contributed by atoms with Crippen LogP contribution in [0.1, 0.15) is 5.56 Å². The number of halogens is 1. The predicted molar refractivity (Wildman–Crippen MR) is 104 cm³/mol. The topological polar surface area (TPSA) is 88.0 Å². The van der Waals surface area contributed by atoms with Crippen LogP contribution in [-0.2, 0) is 26.0 Å². The number of sulfonamides is 1. The molecule has 2 amide bonds. The number of nitrogens with one attached hydrogen (secondary N) is 2. The van der Waals surface area contributed by atoms with Crippen molar-refractivity contribution in [2.24, 2.45) is 0 Å². The summed E-state index contributed by atoms with van der Waals surface area (Å²) < 4.78 is 39.6. The quantitative estimate of drug-likeness (QED) is 0.666. The predicted octanol–water partition coefficient (Wildman–Crippen LogP) is -0.400. The first-order valence-corrected chi connectivity index (χ1v) is 10.7. The van der Waals surface area contributed by atoms with Gasteiger partial charge in [-0.05, 0) is 29.8 Å². The molecule has 0 aromatic heterocycles. The maximum atomic E-state index is 13.0. The van der Waals surface area contributed by atoms with Crippen molar-refractivity contribution in [2.75, 3.05) is 32.7 Å². The molecule has 2 aromatic carbocycles. The lowest BCUT2D eigenvalue weighted by atomic mass is 10.1. The summed E-state index contributed by atoms with van der Waals surface area (Å²) in [4.78, 5) is 25.0. The fraction of sp³-hybridized carbons (Fsp3) is 0.300. The highest BCUT2D eigenvalue weighted by Gasteiger charge is 2.31. The average molecular weight is 420 g/mol. The first-order valence-electron chi connectivity index (χ1n) is 9.30. The first-order chi connectivity index (χ1) is 13.8. The molecule has 7 nitrogen and oxygen atoms in total. The first kappa shape index (κ1) is 21.1. The van der Waals surface area contributed by atoms with Crippen molar-refractivity contribution >= 4 is 21.8 Å². The number of imide groups is 1. The van der Waals surface area contributed by atoms with Gasteiger partial charge < -0.3 is 4.90 Å². The summed E-state index contributed by atoms with van der Waals surface area (Å²) in [5.74, 6) is -1.24. The van der Waals surface area contributed by atoms with Gasteiger partial charge in [-0.25, -0.2) is 12.8 Å². The highest BCUT2D eigenvalue weighted by atomic mass is 32.2. The molecule has 9 heteroatoms. The summed E-state index contributed by atoms with van der Waals surface area (Å²) in [6, 6.07) is 13.9. The van der Waals surface area contributed by atoms with Crippen molar-refractivity contribution in [3.8, 4) is 0 Å². The molecule has 29 heavy (non-hydrogen) atoms. The molecule has 1 aliphatic heterocycles. The number of amides is 2. The van der Waals surface area contributed by atoms with Crippen molar-refractivity contribution in [2.45, 2.75) is 11.3 Å². The van der Waals surface area contributed by atoms with Gasteiger partial charge in [0.1, 0.15) is 5.82 Å². The molecule has 1 fully saturated rings. The van der Waals surface area contributed by atoms with Crippen LogP contribution in [0, 0.1) is 5.82 Å². The molecule has 0 radical (unpaired) electrons. The third kappa shape index (κ3) is 5.69. The molecule has 154 valence electrons. The highest BCUT2D eigenvalue weighted by molar-refractivity contribution is 7.89. The molecule has 0 aliphatic carbocycles. The maximum absolute atomic E-state index is 13.0. The molecule has 0 saturated carbocycles. The monoisotopic (exact) mass is 420 g/mol. The molecule has 2 N–H and O–H groups in total. The van der Waals surface area contributed by atoms with Crippen molar-refractivity contribution in [1.82, 2.24) is 9.62 Å². The fourth-order valence-electron chi connectivity index (χ4n) is 3.23. The zero-order chi connectivity index (χ0) is 20.9. The van der Waals surface area contributed by atoms with Crippen molar-refractivity contribution in [3.63, 3.8) is 0 Å². The Hall–Kier alpha value is -2.62. The molecular formula is C20H23FN3O4S+. The second kappa shape index (κ2) is 9.25. The SMILES string of the molecule is O=C(Cc1ccccc1)NC(=O)C[NH+]1CCN(S(=O)(=O)c2ccc(F)cc2)CC1. The lowest BCUT2D eigenvalue weighted by Crippen LogP contribution is -3.15. The van der Waals surface area contributed by atoms with Crippen LogP contribution >= 0.6 is 0 Å². The Morgan fingerprint density at radius 2 is 1.59 bits per heavy atom. The summed E-state index contributed by atoms with van der Waals surface area (Å²) in [6.07, 6.45) is 0.131. The maximum Gasteiger partial charge on any atom is 0.281 e. The van der Waals surface area contributed by atoms with E-state index in [9.17, 15) is 22.4 Å². The Morgan fingerprint density at radius 1 is 0.966 bits per heavy atom. The Kier molecular flexibility index (Phi) is 6.73. The van der Waals surface area contributed by atoms with Gasteiger partial charge in [0.05, 0.1) is 37.5 Å². The summed E-state index contributed by atoms with van der Waals surface area (Å²) in [5.41, 5.74) is 0.824. The van der Waals surface area contributed by atoms with E-state index >= 15 is 0 Å². The van der Waals surface area contributed by atoms with Crippen molar-refractivity contribution < 1.29 is 27.3 Å². The third-order valence-corrected chi connectivity index (χ3v) is 6.69. The molecule has 1 saturated heterocycles. The van der Waals surface area contributed by atoms with E-state index in [1.54, 1.807) is 0 Å². The lowest BCUT2D eigenvalue weighted by molar-refractivity contribution is -0.895. The molecule has 0 bridgehead atoms. The number of hydrogen-bond donors (Lipinski definition) is 2. The van der Waals surface area contributed by atoms with Crippen LogP contribution in [0.3, 0.4) is 0 Å². The summed E-state index contributed by atoms with van der Waals surface area (Å²) in [7, 11) is -3.69. The van der Waals surface area contributed by atoms with Crippen molar-refractivity contribution in [1.29, 1.82) is 0 Å². The minimum Gasteiger partial charge on any atom is -0.325 e. The minimum absolute atomic E-state index is 0.0478. The van der Waals surface area contributed by atoms with Gasteiger partial charge in [-0.2, -0.15) is 4.31 Å². The van der Waals surface area contributed by atoms with Gasteiger partial charge in [-0.3, -0.25) is 14.9 Å². The molecule has 0 atom stereocenters. The van der Waals surface area contributed by atoms with E-state index in [0.717, 1.165) is 22.6 Å². The van der Waals surface area contributed by atoms with E-state index in [-0.39, 0.29) is 42.8 Å². The summed E-state index contributed by atoms with van der Waals surface area (Å²) in [6.45, 7) is 1.49. The molecule has 3 rings (SSSR count). The number of hydrogen-bond acceptors (Lipinski definition) is 4. The zero-order valence-electron chi connectivity index (χ0n) is 15.8. The van der Waals surface area contributed by atoms with Crippen LogP contribution in [0.25, 0.3) is 0 Å². The Bertz CT molecular complexity index is 957. The molecular weight excluding hydrogens is 397 g/mol. The van der Waals surface area contributed by atoms with Crippen LogP contribution < -0.4 is 10.2 Å². The molecule has 1 heterocycles. The highest BCUT2D eigenvalue weighted by Crippen LogP contribution is 2.15. The largest absolute Gasteiger partial charge is 0.325 e. The van der Waals surface area contributed by atoms with Gasteiger partial charge in [0.15, 0.2) is 6.54 Å². The van der Waals surface area contributed by atoms with Crippen LogP contribution in [0.15, 0.2) is 59.5 Å². The van der Waals surface area contributed by atoms with Gasteiger partial charge >= 0.3 is 0 Å². The number of quaternary nitrogens is 1. The Morgan fingerprint density at radius 3 is 2.21 bits per heavy atom. The number of benzene rings is 2. The average Bonchev–Trinajstić information content (AvgIpc) is 2.69. The van der Waals surface area contributed by atoms with E-state index in [4.69, 9.17) is 0 Å². The molecule has 0 spiro atoms. The van der Waals surface area contributed by atoms with Gasteiger partial charge in [-0.1, -0.05) is 30.3 Å². The second-order valence-corrected chi connectivity index (χ2v) is 8.86. The van der Waals surface area contributed by atoms with Crippen LogP contribution in [0.4, 0.5) is 4.39 Å². The molecule has 1 aliphatic rings. The van der Waals surface area contributed by atoms with E-state index in [1.807, 2.05) is 30.3 Å². The number of carbonyl (C=O) groups is 2. The number of rotatable bonds is 6. The summed E-state index contributed by atoms with van der Waals surface area (Å²) in [5, 5.41) is 2.38. The molecule has 2 aromatic rings. The number of piperazine rings is 1. The van der Waals surface area contributed by atoms with Gasteiger partial charge in [0.25, 0.3) is 5.91 Å². The standard InChI is InChI=1S/C20H22FN3O4S/c21-17-6-8-18(9-7-17)29(27,28)24-12-10-23(11-13-24)15-20(26)22-19(25)14-16-4-2-1-3-5-16/h1-9H,10-15H2,(H,22,25,26)/p+1. The Balaban J connectivity index is 1.47. The van der Waals surface area contributed by atoms with Gasteiger partial charge in [0.2, 0.25) is 15.9 Å². The third-order valence-electron chi connectivity index (χ3n) is 4.78. The van der Waals surface area contributed by atoms with Crippen LogP contribution in [-0.4, -0.2) is 57.3 Å². The van der Waals surface area contributed by atoms with Crippen molar-refractivity contribution in [3.05, 3.63) is 66.0 Å². The van der Waals surface area contributed by atoms with E-state index in [0.29, 0.717) is 13.1 Å². The van der Waals surface area contributed by atoms with Gasteiger partial charge in [-0.15, -0.1) is 0 Å². The van der Waals surface area contributed by atoms with Crippen LogP contribution in [0.2, 0.25) is 0 Å². The van der Waals surface area contributed by atoms with Crippen LogP contribution in [0.5, 0.6) is 0 Å². The normalized spacial score (nSPS) is 15.8. The van der Waals surface area contributed by atoms with E-state index in [2.05, 4.69) is 5.32 Å². The van der Waals surface area contributed by atoms with E-state index < -0.39 is 15.8 Å². The zero-order valence-corrected chi connectivity index (χ0v) is 16.6. The smallest absolute Gasteiger partial charge is 0.281 e. The molecule has 0 unspecified atom stereocenters. The number of carbonyl (C=O) groups excluding carboxylic acids is 2. The Labute approximate surface area is 169 Å². The summed E-state index contributed by atoms with van der Waals surface area (Å²) >= 11 is 0. The fourth-order valence-corrected chi connectivity index (χ4v) is 4.67. The second-order valence-electron chi connectivity index (χ2n) is 6.92. The minimum atomic E-state index is -3.69. The lowest BCUT2D eigenvalue weighted by Gasteiger charge is -2.31. The number of nitrogens with zero attached hydrogens (tertiary/aromatic N) is 1.